The lowest BCUT2D eigenvalue weighted by atomic mass is 10.3. The van der Waals surface area contributed by atoms with Gasteiger partial charge in [0, 0.05) is 6.07 Å². The summed E-state index contributed by atoms with van der Waals surface area (Å²) >= 11 is 16.6. The van der Waals surface area contributed by atoms with Gasteiger partial charge >= 0.3 is 0 Å². The molecule has 0 atom stereocenters. The van der Waals surface area contributed by atoms with Gasteiger partial charge < -0.3 is 5.73 Å². The van der Waals surface area contributed by atoms with Gasteiger partial charge in [-0.2, -0.15) is 0 Å². The molecule has 0 aliphatic rings. The van der Waals surface area contributed by atoms with Crippen LogP contribution in [0.25, 0.3) is 0 Å². The molecule has 2 nitrogen and oxygen atoms in total. The van der Waals surface area contributed by atoms with Crippen LogP contribution in [-0.2, 0) is 0 Å². The van der Waals surface area contributed by atoms with Gasteiger partial charge in [-0.25, -0.2) is 9.38 Å². The van der Waals surface area contributed by atoms with E-state index in [1.54, 1.807) is 0 Å². The van der Waals surface area contributed by atoms with Crippen molar-refractivity contribution in [3.63, 3.8) is 0 Å². The predicted octanol–water partition coefficient (Wildman–Crippen LogP) is 3.36. The molecule has 1 aromatic rings. The van der Waals surface area contributed by atoms with Crippen LogP contribution in [-0.4, -0.2) is 11.7 Å². The number of rotatable bonds is 2. The third-order valence-electron chi connectivity index (χ3n) is 1.39. The molecular weight excluding hydrogens is 249 g/mol. The summed E-state index contributed by atoms with van der Waals surface area (Å²) in [5.74, 6) is -0.381. The Labute approximate surface area is 95.5 Å². The Balaban J connectivity index is 3.16. The van der Waals surface area contributed by atoms with Crippen LogP contribution in [0.1, 0.15) is 0 Å². The van der Waals surface area contributed by atoms with Gasteiger partial charge in [0.15, 0.2) is 0 Å². The first-order valence-corrected chi connectivity index (χ1v) is 4.87. The van der Waals surface area contributed by atoms with Crippen molar-refractivity contribution in [2.75, 3.05) is 5.88 Å². The molecule has 0 spiro atoms. The molecule has 1 aromatic carbocycles. The third kappa shape index (κ3) is 2.74. The average Bonchev–Trinajstić information content (AvgIpc) is 2.14. The molecule has 0 radical (unpaired) electrons. The molecule has 0 saturated carbocycles. The normalized spacial score (nSPS) is 11.9. The molecule has 0 fully saturated rings. The highest BCUT2D eigenvalue weighted by molar-refractivity contribution is 6.36. The van der Waals surface area contributed by atoms with Crippen LogP contribution in [0.5, 0.6) is 0 Å². The molecule has 0 unspecified atom stereocenters. The number of alkyl halides is 1. The Morgan fingerprint density at radius 1 is 1.36 bits per heavy atom. The fraction of sp³-hybridized carbons (Fsp3) is 0.125. The highest BCUT2D eigenvalue weighted by Crippen LogP contribution is 2.30. The molecule has 76 valence electrons. The second kappa shape index (κ2) is 4.82. The maximum Gasteiger partial charge on any atom is 0.144 e. The average molecular weight is 256 g/mol. The summed E-state index contributed by atoms with van der Waals surface area (Å²) in [4.78, 5) is 3.81. The van der Waals surface area contributed by atoms with Crippen molar-refractivity contribution >= 4 is 46.3 Å². The second-order valence-electron chi connectivity index (χ2n) is 2.45. The molecule has 14 heavy (non-hydrogen) atoms. The van der Waals surface area contributed by atoms with Gasteiger partial charge in [0.25, 0.3) is 0 Å². The Morgan fingerprint density at radius 2 is 2.00 bits per heavy atom. The summed E-state index contributed by atoms with van der Waals surface area (Å²) in [7, 11) is 0. The van der Waals surface area contributed by atoms with E-state index in [0.717, 1.165) is 6.07 Å². The van der Waals surface area contributed by atoms with Gasteiger partial charge in [0.05, 0.1) is 21.6 Å². The van der Waals surface area contributed by atoms with E-state index in [1.165, 1.54) is 6.07 Å². The molecule has 0 aliphatic carbocycles. The molecule has 0 saturated heterocycles. The summed E-state index contributed by atoms with van der Waals surface area (Å²) in [6.45, 7) is 0. The number of nitrogens with zero attached hydrogens (tertiary/aromatic N) is 1. The Hall–Kier alpha value is -0.510. The number of amidine groups is 1. The minimum Gasteiger partial charge on any atom is -0.386 e. The lowest BCUT2D eigenvalue weighted by Crippen LogP contribution is -2.12. The fourth-order valence-electron chi connectivity index (χ4n) is 0.782. The van der Waals surface area contributed by atoms with E-state index in [-0.39, 0.29) is 27.4 Å². The van der Waals surface area contributed by atoms with Gasteiger partial charge in [-0.15, -0.1) is 11.6 Å². The first kappa shape index (κ1) is 11.6. The zero-order valence-electron chi connectivity index (χ0n) is 6.90. The molecule has 0 aliphatic heterocycles. The molecule has 0 aromatic heterocycles. The molecule has 0 bridgehead atoms. The number of aliphatic imine (C=N–C) groups is 1. The van der Waals surface area contributed by atoms with E-state index in [2.05, 4.69) is 4.99 Å². The number of hydrogen-bond donors (Lipinski definition) is 1. The minimum absolute atomic E-state index is 0.0561. The standard InChI is InChI=1S/C8H6Cl3FN2/c9-3-8(13)14-7-2-6(12)4(10)1-5(7)11/h1-2H,3H2,(H2,13,14). The van der Waals surface area contributed by atoms with E-state index < -0.39 is 5.82 Å². The highest BCUT2D eigenvalue weighted by Gasteiger charge is 2.06. The van der Waals surface area contributed by atoms with Crippen LogP contribution in [0.15, 0.2) is 17.1 Å². The lowest BCUT2D eigenvalue weighted by molar-refractivity contribution is 0.628. The first-order chi connectivity index (χ1) is 6.54. The van der Waals surface area contributed by atoms with Gasteiger partial charge in [-0.05, 0) is 6.07 Å². The van der Waals surface area contributed by atoms with Crippen molar-refractivity contribution in [3.8, 4) is 0 Å². The lowest BCUT2D eigenvalue weighted by Gasteiger charge is -2.01. The zero-order valence-corrected chi connectivity index (χ0v) is 9.17. The van der Waals surface area contributed by atoms with Crippen molar-refractivity contribution in [2.24, 2.45) is 10.7 Å². The molecule has 0 heterocycles. The molecule has 1 rings (SSSR count). The largest absolute Gasteiger partial charge is 0.386 e. The van der Waals surface area contributed by atoms with E-state index in [4.69, 9.17) is 40.5 Å². The number of hydrogen-bond acceptors (Lipinski definition) is 1. The number of benzene rings is 1. The van der Waals surface area contributed by atoms with E-state index in [1.807, 2.05) is 0 Å². The molecule has 2 N–H and O–H groups in total. The fourth-order valence-corrected chi connectivity index (χ4v) is 1.27. The van der Waals surface area contributed by atoms with Crippen LogP contribution in [0, 0.1) is 5.82 Å². The molecule has 6 heteroatoms. The van der Waals surface area contributed by atoms with Gasteiger partial charge in [0.1, 0.15) is 11.7 Å². The second-order valence-corrected chi connectivity index (χ2v) is 3.54. The van der Waals surface area contributed by atoms with Crippen LogP contribution in [0.2, 0.25) is 10.0 Å². The monoisotopic (exact) mass is 254 g/mol. The summed E-state index contributed by atoms with van der Waals surface area (Å²) < 4.78 is 13.0. The topological polar surface area (TPSA) is 38.4 Å². The van der Waals surface area contributed by atoms with Crippen LogP contribution in [0.3, 0.4) is 0 Å². The van der Waals surface area contributed by atoms with Crippen LogP contribution < -0.4 is 5.73 Å². The summed E-state index contributed by atoms with van der Waals surface area (Å²) in [5.41, 5.74) is 5.58. The summed E-state index contributed by atoms with van der Waals surface area (Å²) in [6, 6.07) is 2.36. The quantitative estimate of drug-likeness (QED) is 0.374. The smallest absolute Gasteiger partial charge is 0.144 e. The van der Waals surface area contributed by atoms with Gasteiger partial charge in [-0.1, -0.05) is 23.2 Å². The van der Waals surface area contributed by atoms with Crippen LogP contribution in [0.4, 0.5) is 10.1 Å². The molecule has 0 amide bonds. The SMILES string of the molecule is NC(CCl)=Nc1cc(F)c(Cl)cc1Cl. The Morgan fingerprint density at radius 3 is 2.57 bits per heavy atom. The van der Waals surface area contributed by atoms with Crippen molar-refractivity contribution in [2.45, 2.75) is 0 Å². The highest BCUT2D eigenvalue weighted by atomic mass is 35.5. The third-order valence-corrected chi connectivity index (χ3v) is 2.26. The first-order valence-electron chi connectivity index (χ1n) is 3.58. The van der Waals surface area contributed by atoms with Gasteiger partial charge in [0.2, 0.25) is 0 Å². The summed E-state index contributed by atoms with van der Waals surface area (Å²) in [5, 5.41) is 0.169. The zero-order chi connectivity index (χ0) is 10.7. The Bertz CT molecular complexity index is 379. The summed E-state index contributed by atoms with van der Waals surface area (Å²) in [6.07, 6.45) is 0. The van der Waals surface area contributed by atoms with Crippen LogP contribution >= 0.6 is 34.8 Å². The van der Waals surface area contributed by atoms with E-state index in [0.29, 0.717) is 0 Å². The van der Waals surface area contributed by atoms with Crippen molar-refractivity contribution in [3.05, 3.63) is 28.0 Å². The maximum absolute atomic E-state index is 13.0. The molecular formula is C8H6Cl3FN2. The number of halogens is 4. The van der Waals surface area contributed by atoms with Gasteiger partial charge in [-0.3, -0.25) is 0 Å². The number of nitrogens with two attached hydrogens (primary N) is 1. The van der Waals surface area contributed by atoms with Crippen molar-refractivity contribution in [1.29, 1.82) is 0 Å². The van der Waals surface area contributed by atoms with E-state index >= 15 is 0 Å². The minimum atomic E-state index is -0.600. The van der Waals surface area contributed by atoms with E-state index in [9.17, 15) is 4.39 Å². The Kier molecular flexibility index (Phi) is 3.98. The maximum atomic E-state index is 13.0. The predicted molar refractivity (Wildman–Crippen MR) is 58.4 cm³/mol. The van der Waals surface area contributed by atoms with Crippen molar-refractivity contribution in [1.82, 2.24) is 0 Å². The van der Waals surface area contributed by atoms with Crippen molar-refractivity contribution < 1.29 is 4.39 Å².